The van der Waals surface area contributed by atoms with Gasteiger partial charge in [0, 0.05) is 24.7 Å². The van der Waals surface area contributed by atoms with E-state index in [1.54, 1.807) is 0 Å². The zero-order valence-electron chi connectivity index (χ0n) is 15.2. The molecule has 5 heteroatoms. The summed E-state index contributed by atoms with van der Waals surface area (Å²) in [5, 5.41) is 13.3. The van der Waals surface area contributed by atoms with E-state index >= 15 is 0 Å². The van der Waals surface area contributed by atoms with E-state index in [0.717, 1.165) is 51.5 Å². The fourth-order valence-corrected chi connectivity index (χ4v) is 3.76. The monoisotopic (exact) mass is 326 g/mol. The first kappa shape index (κ1) is 18.5. The number of hydrogen-bond donors (Lipinski definition) is 2. The molecule has 1 aliphatic heterocycles. The predicted molar refractivity (Wildman–Crippen MR) is 91.4 cm³/mol. The molecule has 2 aliphatic rings. The van der Waals surface area contributed by atoms with Crippen molar-refractivity contribution in [2.75, 3.05) is 6.54 Å². The maximum absolute atomic E-state index is 12.3. The van der Waals surface area contributed by atoms with Gasteiger partial charge in [-0.15, -0.1) is 0 Å². The molecule has 0 aromatic heterocycles. The van der Waals surface area contributed by atoms with Crippen LogP contribution in [0.3, 0.4) is 0 Å². The SMILES string of the molecule is CC(CC1CCCN1C(=O)OC(C)(C)C)NC1CCC(O)CC1. The summed E-state index contributed by atoms with van der Waals surface area (Å²) in [6.07, 6.45) is 6.71. The second kappa shape index (κ2) is 7.84. The molecule has 0 aromatic rings. The van der Waals surface area contributed by atoms with Crippen molar-refractivity contribution < 1.29 is 14.6 Å². The van der Waals surface area contributed by atoms with Crippen LogP contribution in [0, 0.1) is 0 Å². The molecule has 1 saturated heterocycles. The summed E-state index contributed by atoms with van der Waals surface area (Å²) < 4.78 is 5.53. The van der Waals surface area contributed by atoms with Gasteiger partial charge in [0.2, 0.25) is 0 Å². The molecule has 2 unspecified atom stereocenters. The van der Waals surface area contributed by atoms with E-state index in [1.165, 1.54) is 0 Å². The summed E-state index contributed by atoms with van der Waals surface area (Å²) in [5.74, 6) is 0. The Labute approximate surface area is 140 Å². The third-order valence-corrected chi connectivity index (χ3v) is 4.85. The van der Waals surface area contributed by atoms with Crippen LogP contribution in [0.2, 0.25) is 0 Å². The maximum Gasteiger partial charge on any atom is 0.410 e. The van der Waals surface area contributed by atoms with Crippen molar-refractivity contribution in [3.8, 4) is 0 Å². The first-order valence-electron chi connectivity index (χ1n) is 9.18. The fourth-order valence-electron chi connectivity index (χ4n) is 3.76. The molecule has 1 aliphatic carbocycles. The number of aliphatic hydroxyl groups excluding tert-OH is 1. The van der Waals surface area contributed by atoms with Gasteiger partial charge in [0.1, 0.15) is 5.60 Å². The number of ether oxygens (including phenoxy) is 1. The van der Waals surface area contributed by atoms with Crippen LogP contribution < -0.4 is 5.32 Å². The Morgan fingerprint density at radius 1 is 1.26 bits per heavy atom. The topological polar surface area (TPSA) is 61.8 Å². The van der Waals surface area contributed by atoms with Gasteiger partial charge in [-0.05, 0) is 72.6 Å². The number of aliphatic hydroxyl groups is 1. The van der Waals surface area contributed by atoms with E-state index in [9.17, 15) is 9.90 Å². The summed E-state index contributed by atoms with van der Waals surface area (Å²) >= 11 is 0. The minimum atomic E-state index is -0.434. The second-order valence-electron chi connectivity index (χ2n) is 8.28. The zero-order chi connectivity index (χ0) is 17.0. The van der Waals surface area contributed by atoms with Gasteiger partial charge in [-0.3, -0.25) is 0 Å². The van der Waals surface area contributed by atoms with E-state index in [2.05, 4.69) is 12.2 Å². The van der Waals surface area contributed by atoms with Gasteiger partial charge in [0.15, 0.2) is 0 Å². The average Bonchev–Trinajstić information content (AvgIpc) is 2.87. The lowest BCUT2D eigenvalue weighted by Gasteiger charge is -2.32. The number of likely N-dealkylation sites (tertiary alicyclic amines) is 1. The molecule has 0 spiro atoms. The third kappa shape index (κ3) is 5.96. The highest BCUT2D eigenvalue weighted by molar-refractivity contribution is 5.68. The number of rotatable bonds is 4. The predicted octanol–water partition coefficient (Wildman–Crippen LogP) is 3.06. The minimum absolute atomic E-state index is 0.110. The molecule has 1 amide bonds. The lowest BCUT2D eigenvalue weighted by molar-refractivity contribution is 0.0212. The van der Waals surface area contributed by atoms with Gasteiger partial charge in [-0.2, -0.15) is 0 Å². The Kier molecular flexibility index (Phi) is 6.32. The van der Waals surface area contributed by atoms with E-state index in [0.29, 0.717) is 12.1 Å². The van der Waals surface area contributed by atoms with Gasteiger partial charge in [0.25, 0.3) is 0 Å². The van der Waals surface area contributed by atoms with E-state index in [-0.39, 0.29) is 18.2 Å². The number of carbonyl (C=O) groups is 1. The molecule has 1 saturated carbocycles. The first-order chi connectivity index (χ1) is 10.7. The van der Waals surface area contributed by atoms with E-state index in [1.807, 2.05) is 25.7 Å². The summed E-state index contributed by atoms with van der Waals surface area (Å²) in [5.41, 5.74) is -0.434. The number of carbonyl (C=O) groups excluding carboxylic acids is 1. The molecule has 2 rings (SSSR count). The summed E-state index contributed by atoms with van der Waals surface area (Å²) in [7, 11) is 0. The van der Waals surface area contributed by atoms with Crippen LogP contribution in [0.5, 0.6) is 0 Å². The van der Waals surface area contributed by atoms with Crippen molar-refractivity contribution in [2.24, 2.45) is 0 Å². The Morgan fingerprint density at radius 2 is 1.91 bits per heavy atom. The molecule has 134 valence electrons. The van der Waals surface area contributed by atoms with Gasteiger partial charge in [-0.1, -0.05) is 0 Å². The van der Waals surface area contributed by atoms with Gasteiger partial charge >= 0.3 is 6.09 Å². The summed E-state index contributed by atoms with van der Waals surface area (Å²) in [6.45, 7) is 8.76. The minimum Gasteiger partial charge on any atom is -0.444 e. The zero-order valence-corrected chi connectivity index (χ0v) is 15.2. The van der Waals surface area contributed by atoms with Crippen LogP contribution in [0.4, 0.5) is 4.79 Å². The van der Waals surface area contributed by atoms with Crippen LogP contribution in [0.1, 0.15) is 72.6 Å². The molecule has 2 atom stereocenters. The molecule has 0 aromatic carbocycles. The number of hydrogen-bond acceptors (Lipinski definition) is 4. The normalized spacial score (nSPS) is 30.3. The lowest BCUT2D eigenvalue weighted by Crippen LogP contribution is -2.45. The molecule has 0 bridgehead atoms. The molecule has 5 nitrogen and oxygen atoms in total. The Hall–Kier alpha value is -0.810. The fraction of sp³-hybridized carbons (Fsp3) is 0.944. The van der Waals surface area contributed by atoms with Crippen molar-refractivity contribution >= 4 is 6.09 Å². The molecule has 0 radical (unpaired) electrons. The molecular formula is C18H34N2O3. The molecule has 23 heavy (non-hydrogen) atoms. The van der Waals surface area contributed by atoms with Crippen LogP contribution in [0.15, 0.2) is 0 Å². The highest BCUT2D eigenvalue weighted by atomic mass is 16.6. The maximum atomic E-state index is 12.3. The first-order valence-corrected chi connectivity index (χ1v) is 9.18. The molecule has 2 N–H and O–H groups in total. The number of nitrogens with zero attached hydrogens (tertiary/aromatic N) is 1. The number of amides is 1. The van der Waals surface area contributed by atoms with Crippen molar-refractivity contribution in [2.45, 2.75) is 102 Å². The van der Waals surface area contributed by atoms with Crippen LogP contribution in [-0.2, 0) is 4.74 Å². The van der Waals surface area contributed by atoms with Crippen LogP contribution in [0.25, 0.3) is 0 Å². The molecule has 1 heterocycles. The quantitative estimate of drug-likeness (QED) is 0.833. The number of nitrogens with one attached hydrogen (secondary N) is 1. The van der Waals surface area contributed by atoms with E-state index in [4.69, 9.17) is 4.74 Å². The Bertz CT molecular complexity index is 386. The Balaban J connectivity index is 1.79. The summed E-state index contributed by atoms with van der Waals surface area (Å²) in [6, 6.07) is 1.16. The Morgan fingerprint density at radius 3 is 2.52 bits per heavy atom. The summed E-state index contributed by atoms with van der Waals surface area (Å²) in [4.78, 5) is 14.2. The van der Waals surface area contributed by atoms with Crippen molar-refractivity contribution in [1.82, 2.24) is 10.2 Å². The highest BCUT2D eigenvalue weighted by Gasteiger charge is 2.33. The lowest BCUT2D eigenvalue weighted by atomic mass is 9.92. The molecular weight excluding hydrogens is 292 g/mol. The van der Waals surface area contributed by atoms with Crippen molar-refractivity contribution in [3.05, 3.63) is 0 Å². The smallest absolute Gasteiger partial charge is 0.410 e. The van der Waals surface area contributed by atoms with Crippen LogP contribution >= 0.6 is 0 Å². The standard InChI is InChI=1S/C18H34N2O3/c1-13(19-14-7-9-16(21)10-8-14)12-15-6-5-11-20(15)17(22)23-18(2,3)4/h13-16,19,21H,5-12H2,1-4H3. The second-order valence-corrected chi connectivity index (χ2v) is 8.28. The van der Waals surface area contributed by atoms with Gasteiger partial charge in [-0.25, -0.2) is 4.79 Å². The van der Waals surface area contributed by atoms with Crippen molar-refractivity contribution in [1.29, 1.82) is 0 Å². The average molecular weight is 326 g/mol. The largest absolute Gasteiger partial charge is 0.444 e. The van der Waals surface area contributed by atoms with Gasteiger partial charge in [0.05, 0.1) is 6.10 Å². The van der Waals surface area contributed by atoms with E-state index < -0.39 is 5.60 Å². The highest BCUT2D eigenvalue weighted by Crippen LogP contribution is 2.25. The van der Waals surface area contributed by atoms with Crippen molar-refractivity contribution in [3.63, 3.8) is 0 Å². The third-order valence-electron chi connectivity index (χ3n) is 4.85. The van der Waals surface area contributed by atoms with Gasteiger partial charge < -0.3 is 20.1 Å². The molecule has 2 fully saturated rings. The van der Waals surface area contributed by atoms with Crippen LogP contribution in [-0.4, -0.2) is 52.5 Å².